The molecule has 17 heavy (non-hydrogen) atoms. The molecule has 0 radical (unpaired) electrons. The number of nitrogens with zero attached hydrogens (tertiary/aromatic N) is 1. The highest BCUT2D eigenvalue weighted by Crippen LogP contribution is 2.28. The van der Waals surface area contributed by atoms with Crippen molar-refractivity contribution in [2.45, 2.75) is 6.54 Å². The van der Waals surface area contributed by atoms with Crippen LogP contribution >= 0.6 is 23.2 Å². The molecule has 0 aliphatic carbocycles. The smallest absolute Gasteiger partial charge is 0.238 e. The summed E-state index contributed by atoms with van der Waals surface area (Å²) in [5.74, 6) is 0.982. The average molecular weight is 269 g/mol. The predicted molar refractivity (Wildman–Crippen MR) is 68.7 cm³/mol. The molecule has 1 aromatic carbocycles. The molecule has 2 rings (SSSR count). The summed E-state index contributed by atoms with van der Waals surface area (Å²) in [6, 6.07) is 8.70. The Morgan fingerprint density at radius 2 is 1.88 bits per heavy atom. The molecule has 1 heterocycles. The Hall–Kier alpha value is -1.29. The number of hydrogen-bond donors (Lipinski definition) is 1. The van der Waals surface area contributed by atoms with Crippen LogP contribution in [0.25, 0.3) is 0 Å². The molecule has 0 fully saturated rings. The molecular weight excluding hydrogens is 259 g/mol. The van der Waals surface area contributed by atoms with E-state index in [1.54, 1.807) is 36.5 Å². The van der Waals surface area contributed by atoms with Crippen molar-refractivity contribution in [3.8, 4) is 11.6 Å². The zero-order valence-electron chi connectivity index (χ0n) is 8.86. The third-order valence-corrected chi connectivity index (χ3v) is 2.65. The van der Waals surface area contributed by atoms with Gasteiger partial charge in [0.05, 0.1) is 0 Å². The van der Waals surface area contributed by atoms with Crippen LogP contribution < -0.4 is 10.5 Å². The van der Waals surface area contributed by atoms with E-state index in [0.717, 1.165) is 5.56 Å². The summed E-state index contributed by atoms with van der Waals surface area (Å²) in [5, 5.41) is 1.08. The molecule has 2 aromatic rings. The Morgan fingerprint density at radius 3 is 2.47 bits per heavy atom. The van der Waals surface area contributed by atoms with E-state index in [1.165, 1.54) is 0 Å². The maximum absolute atomic E-state index is 6.02. The standard InChI is InChI=1S/C12H10Cl2N2O/c13-9-1-3-10(4-2-9)17-12-11(14)5-8(6-15)7-16-12/h1-5,7H,6,15H2. The van der Waals surface area contributed by atoms with Crippen molar-refractivity contribution in [3.63, 3.8) is 0 Å². The second-order valence-electron chi connectivity index (χ2n) is 3.39. The van der Waals surface area contributed by atoms with Gasteiger partial charge in [-0.05, 0) is 35.9 Å². The molecule has 0 spiro atoms. The number of benzene rings is 1. The van der Waals surface area contributed by atoms with E-state index in [0.29, 0.717) is 28.2 Å². The summed E-state index contributed by atoms with van der Waals surface area (Å²) in [5.41, 5.74) is 6.34. The van der Waals surface area contributed by atoms with E-state index >= 15 is 0 Å². The van der Waals surface area contributed by atoms with Gasteiger partial charge in [0.2, 0.25) is 5.88 Å². The molecule has 0 atom stereocenters. The lowest BCUT2D eigenvalue weighted by Gasteiger charge is -2.07. The van der Waals surface area contributed by atoms with E-state index in [-0.39, 0.29) is 0 Å². The van der Waals surface area contributed by atoms with Gasteiger partial charge in [-0.2, -0.15) is 0 Å². The summed E-state index contributed by atoms with van der Waals surface area (Å²) in [6.07, 6.45) is 1.64. The van der Waals surface area contributed by atoms with Gasteiger partial charge in [-0.25, -0.2) is 4.98 Å². The number of ether oxygens (including phenoxy) is 1. The van der Waals surface area contributed by atoms with Crippen LogP contribution in [0.15, 0.2) is 36.5 Å². The van der Waals surface area contributed by atoms with Crippen LogP contribution in [0.4, 0.5) is 0 Å². The van der Waals surface area contributed by atoms with Crippen molar-refractivity contribution in [1.82, 2.24) is 4.98 Å². The first-order valence-corrected chi connectivity index (χ1v) is 5.72. The maximum Gasteiger partial charge on any atom is 0.238 e. The number of halogens is 2. The fourth-order valence-corrected chi connectivity index (χ4v) is 1.62. The van der Waals surface area contributed by atoms with Crippen molar-refractivity contribution in [2.24, 2.45) is 5.73 Å². The van der Waals surface area contributed by atoms with Crippen LogP contribution in [0.3, 0.4) is 0 Å². The summed E-state index contributed by atoms with van der Waals surface area (Å²) in [7, 11) is 0. The van der Waals surface area contributed by atoms with Crippen LogP contribution in [0.1, 0.15) is 5.56 Å². The first-order valence-electron chi connectivity index (χ1n) is 4.97. The van der Waals surface area contributed by atoms with Crippen LogP contribution in [-0.2, 0) is 6.54 Å². The number of aromatic nitrogens is 1. The van der Waals surface area contributed by atoms with E-state index in [1.807, 2.05) is 0 Å². The molecule has 0 aliphatic rings. The number of hydrogen-bond acceptors (Lipinski definition) is 3. The van der Waals surface area contributed by atoms with Gasteiger partial charge in [0.25, 0.3) is 0 Å². The Kier molecular flexibility index (Phi) is 3.84. The zero-order valence-corrected chi connectivity index (χ0v) is 10.4. The largest absolute Gasteiger partial charge is 0.438 e. The minimum Gasteiger partial charge on any atom is -0.438 e. The quantitative estimate of drug-likeness (QED) is 0.925. The monoisotopic (exact) mass is 268 g/mol. The van der Waals surface area contributed by atoms with E-state index < -0.39 is 0 Å². The summed E-state index contributed by atoms with van der Waals surface area (Å²) in [6.45, 7) is 0.397. The normalized spacial score (nSPS) is 10.3. The van der Waals surface area contributed by atoms with Crippen molar-refractivity contribution < 1.29 is 4.74 Å². The van der Waals surface area contributed by atoms with Gasteiger partial charge >= 0.3 is 0 Å². The Morgan fingerprint density at radius 1 is 1.18 bits per heavy atom. The van der Waals surface area contributed by atoms with Crippen molar-refractivity contribution in [1.29, 1.82) is 0 Å². The lowest BCUT2D eigenvalue weighted by molar-refractivity contribution is 0.463. The lowest BCUT2D eigenvalue weighted by atomic mass is 10.3. The first kappa shape index (κ1) is 12.2. The van der Waals surface area contributed by atoms with Gasteiger partial charge < -0.3 is 10.5 Å². The molecule has 0 aliphatic heterocycles. The van der Waals surface area contributed by atoms with Crippen molar-refractivity contribution >= 4 is 23.2 Å². The van der Waals surface area contributed by atoms with Gasteiger partial charge in [-0.3, -0.25) is 0 Å². The van der Waals surface area contributed by atoms with E-state index in [2.05, 4.69) is 4.98 Å². The molecule has 0 unspecified atom stereocenters. The Bertz CT molecular complexity index is 514. The van der Waals surface area contributed by atoms with Crippen LogP contribution in [-0.4, -0.2) is 4.98 Å². The average Bonchev–Trinajstić information content (AvgIpc) is 2.34. The van der Waals surface area contributed by atoms with Gasteiger partial charge in [-0.15, -0.1) is 0 Å². The van der Waals surface area contributed by atoms with Crippen LogP contribution in [0.5, 0.6) is 11.6 Å². The minimum absolute atomic E-state index is 0.353. The number of pyridine rings is 1. The third-order valence-electron chi connectivity index (χ3n) is 2.13. The fraction of sp³-hybridized carbons (Fsp3) is 0.0833. The van der Waals surface area contributed by atoms with Crippen LogP contribution in [0.2, 0.25) is 10.0 Å². The topological polar surface area (TPSA) is 48.1 Å². The highest BCUT2D eigenvalue weighted by molar-refractivity contribution is 6.32. The molecule has 0 bridgehead atoms. The molecule has 2 N–H and O–H groups in total. The molecule has 1 aromatic heterocycles. The lowest BCUT2D eigenvalue weighted by Crippen LogP contribution is -1.98. The Labute approximate surface area is 109 Å². The summed E-state index contributed by atoms with van der Waals surface area (Å²) >= 11 is 11.8. The number of rotatable bonds is 3. The predicted octanol–water partition coefficient (Wildman–Crippen LogP) is 3.64. The van der Waals surface area contributed by atoms with Gasteiger partial charge in [0.15, 0.2) is 0 Å². The van der Waals surface area contributed by atoms with E-state index in [4.69, 9.17) is 33.7 Å². The minimum atomic E-state index is 0.353. The Balaban J connectivity index is 2.21. The maximum atomic E-state index is 6.02. The molecule has 0 saturated carbocycles. The molecule has 88 valence electrons. The first-order chi connectivity index (χ1) is 8.19. The second-order valence-corrected chi connectivity index (χ2v) is 4.23. The molecule has 3 nitrogen and oxygen atoms in total. The molecule has 5 heteroatoms. The molecule has 0 amide bonds. The van der Waals surface area contributed by atoms with Crippen LogP contribution in [0, 0.1) is 0 Å². The third kappa shape index (κ3) is 3.09. The van der Waals surface area contributed by atoms with Crippen molar-refractivity contribution in [2.75, 3.05) is 0 Å². The zero-order chi connectivity index (χ0) is 12.3. The fourth-order valence-electron chi connectivity index (χ4n) is 1.27. The van der Waals surface area contributed by atoms with Gasteiger partial charge in [0.1, 0.15) is 10.8 Å². The highest BCUT2D eigenvalue weighted by Gasteiger charge is 2.05. The molecular formula is C12H10Cl2N2O. The van der Waals surface area contributed by atoms with Gasteiger partial charge in [0, 0.05) is 17.8 Å². The SMILES string of the molecule is NCc1cnc(Oc2ccc(Cl)cc2)c(Cl)c1. The van der Waals surface area contributed by atoms with Gasteiger partial charge in [-0.1, -0.05) is 23.2 Å². The van der Waals surface area contributed by atoms with Crippen molar-refractivity contribution in [3.05, 3.63) is 52.1 Å². The van der Waals surface area contributed by atoms with E-state index in [9.17, 15) is 0 Å². The summed E-state index contributed by atoms with van der Waals surface area (Å²) in [4.78, 5) is 4.10. The number of nitrogens with two attached hydrogens (primary N) is 1. The summed E-state index contributed by atoms with van der Waals surface area (Å²) < 4.78 is 5.52. The highest BCUT2D eigenvalue weighted by atomic mass is 35.5. The second kappa shape index (κ2) is 5.36. The molecule has 0 saturated heterocycles.